The summed E-state index contributed by atoms with van der Waals surface area (Å²) < 4.78 is 22.5. The van der Waals surface area contributed by atoms with Crippen LogP contribution in [0.1, 0.15) is 84.9 Å². The summed E-state index contributed by atoms with van der Waals surface area (Å²) in [6.07, 6.45) is -0.0411. The molecule has 0 aliphatic carbocycles. The van der Waals surface area contributed by atoms with Crippen LogP contribution in [-0.4, -0.2) is 67.9 Å². The van der Waals surface area contributed by atoms with Crippen LogP contribution in [-0.2, 0) is 17.8 Å². The van der Waals surface area contributed by atoms with Crippen molar-refractivity contribution in [3.05, 3.63) is 75.8 Å². The highest BCUT2D eigenvalue weighted by molar-refractivity contribution is 6.30. The molecule has 0 saturated carbocycles. The largest absolute Gasteiger partial charge is 0.444 e. The lowest BCUT2D eigenvalue weighted by molar-refractivity contribution is 0.0235. The van der Waals surface area contributed by atoms with E-state index in [2.05, 4.69) is 10.3 Å². The normalized spacial score (nSPS) is 15.8. The van der Waals surface area contributed by atoms with Crippen molar-refractivity contribution in [2.45, 2.75) is 72.7 Å². The van der Waals surface area contributed by atoms with Gasteiger partial charge in [-0.05, 0) is 62.9 Å². The van der Waals surface area contributed by atoms with Crippen molar-refractivity contribution in [3.63, 3.8) is 0 Å². The van der Waals surface area contributed by atoms with E-state index in [1.165, 1.54) is 23.1 Å². The summed E-state index contributed by atoms with van der Waals surface area (Å²) >= 11 is 6.22. The SMILES string of the molecule is CC(C)(C)OC(=O)N1CCCn2c(-c3cc(Cl)ccc3F)nc(C(=O)N[C@H](CN3C(=O)c4ccccc4C3=O)C(C)(C)C)c2C1. The maximum atomic E-state index is 15.1. The monoisotopic (exact) mass is 637 g/mol. The molecule has 2 aromatic carbocycles. The Balaban J connectivity index is 1.52. The Hall–Kier alpha value is -4.25. The molecule has 45 heavy (non-hydrogen) atoms. The van der Waals surface area contributed by atoms with E-state index < -0.39 is 46.7 Å². The Morgan fingerprint density at radius 3 is 2.24 bits per heavy atom. The highest BCUT2D eigenvalue weighted by Gasteiger charge is 2.40. The van der Waals surface area contributed by atoms with E-state index >= 15 is 4.39 Å². The van der Waals surface area contributed by atoms with Crippen LogP contribution in [0.2, 0.25) is 5.02 Å². The molecular formula is C33H37ClFN5O5. The van der Waals surface area contributed by atoms with E-state index in [-0.39, 0.29) is 30.2 Å². The van der Waals surface area contributed by atoms with Crippen molar-refractivity contribution in [3.8, 4) is 11.4 Å². The Bertz CT molecular complexity index is 1650. The predicted octanol–water partition coefficient (Wildman–Crippen LogP) is 5.92. The number of imidazole rings is 1. The molecule has 12 heteroatoms. The fourth-order valence-corrected chi connectivity index (χ4v) is 5.63. The van der Waals surface area contributed by atoms with E-state index in [1.807, 2.05) is 20.8 Å². The second kappa shape index (κ2) is 11.9. The van der Waals surface area contributed by atoms with Crippen molar-refractivity contribution in [1.82, 2.24) is 24.7 Å². The Morgan fingerprint density at radius 1 is 1.00 bits per heavy atom. The van der Waals surface area contributed by atoms with Gasteiger partial charge in [0.25, 0.3) is 17.7 Å². The minimum absolute atomic E-state index is 0.00329. The van der Waals surface area contributed by atoms with Gasteiger partial charge in [-0.1, -0.05) is 44.5 Å². The standard InChI is InChI=1S/C33H37ClFN5O5/c1-32(2,3)25(18-40-29(42)20-10-7-8-11-21(20)30(40)43)36-28(41)26-24-17-38(31(44)45-33(4,5)6)14-9-15-39(24)27(37-26)22-16-19(34)12-13-23(22)35/h7-8,10-13,16,25H,9,14-15,17-18H2,1-6H3,(H,36,41)/t25-/m1/s1. The number of carbonyl (C=O) groups excluding carboxylic acids is 4. The first-order chi connectivity index (χ1) is 21.0. The molecule has 4 amide bonds. The third-order valence-corrected chi connectivity index (χ3v) is 8.09. The summed E-state index contributed by atoms with van der Waals surface area (Å²) in [6.45, 7) is 11.6. The molecule has 3 heterocycles. The Labute approximate surface area is 266 Å². The molecule has 0 spiro atoms. The molecule has 0 saturated heterocycles. The quantitative estimate of drug-likeness (QED) is 0.347. The van der Waals surface area contributed by atoms with Crippen molar-refractivity contribution in [2.75, 3.05) is 13.1 Å². The fourth-order valence-electron chi connectivity index (χ4n) is 5.46. The number of imide groups is 1. The second-order valence-corrected chi connectivity index (χ2v) is 13.9. The third kappa shape index (κ3) is 6.58. The first-order valence-corrected chi connectivity index (χ1v) is 15.2. The molecule has 1 atom stereocenters. The smallest absolute Gasteiger partial charge is 0.410 e. The molecular weight excluding hydrogens is 601 g/mol. The summed E-state index contributed by atoms with van der Waals surface area (Å²) in [5.41, 5.74) is -0.177. The number of aromatic nitrogens is 2. The topological polar surface area (TPSA) is 114 Å². The molecule has 2 aliphatic heterocycles. The predicted molar refractivity (Wildman–Crippen MR) is 166 cm³/mol. The molecule has 0 fully saturated rings. The van der Waals surface area contributed by atoms with E-state index in [1.54, 1.807) is 49.6 Å². The number of fused-ring (bicyclic) bond motifs is 2. The fraction of sp³-hybridized carbons (Fsp3) is 0.424. The molecule has 0 radical (unpaired) electrons. The molecule has 3 aromatic rings. The minimum atomic E-state index is -0.733. The average Bonchev–Trinajstić information content (AvgIpc) is 3.31. The van der Waals surface area contributed by atoms with Crippen molar-refractivity contribution in [2.24, 2.45) is 5.41 Å². The maximum Gasteiger partial charge on any atom is 0.410 e. The number of benzene rings is 2. The highest BCUT2D eigenvalue weighted by atomic mass is 35.5. The van der Waals surface area contributed by atoms with Crippen LogP contribution in [0.15, 0.2) is 42.5 Å². The van der Waals surface area contributed by atoms with Gasteiger partial charge in [0.1, 0.15) is 17.2 Å². The zero-order valence-electron chi connectivity index (χ0n) is 26.2. The first-order valence-electron chi connectivity index (χ1n) is 14.8. The van der Waals surface area contributed by atoms with Crippen LogP contribution in [0.3, 0.4) is 0 Å². The molecule has 1 N–H and O–H groups in total. The summed E-state index contributed by atoms with van der Waals surface area (Å²) in [4.78, 5) is 60.8. The number of halogens is 2. The zero-order chi connectivity index (χ0) is 32.8. The summed E-state index contributed by atoms with van der Waals surface area (Å²) in [5.74, 6) is -1.81. The molecule has 238 valence electrons. The van der Waals surface area contributed by atoms with Crippen LogP contribution >= 0.6 is 11.6 Å². The molecule has 10 nitrogen and oxygen atoms in total. The molecule has 2 aliphatic rings. The van der Waals surface area contributed by atoms with Crippen molar-refractivity contribution >= 4 is 35.4 Å². The number of nitrogens with zero attached hydrogens (tertiary/aromatic N) is 4. The first kappa shape index (κ1) is 32.2. The van der Waals surface area contributed by atoms with Gasteiger partial charge in [0, 0.05) is 18.1 Å². The van der Waals surface area contributed by atoms with Gasteiger partial charge in [0.15, 0.2) is 5.69 Å². The number of amides is 4. The lowest BCUT2D eigenvalue weighted by Gasteiger charge is -2.34. The van der Waals surface area contributed by atoms with Gasteiger partial charge >= 0.3 is 6.09 Å². The van der Waals surface area contributed by atoms with Crippen molar-refractivity contribution in [1.29, 1.82) is 0 Å². The molecule has 1 aromatic heterocycles. The minimum Gasteiger partial charge on any atom is -0.444 e. The van der Waals surface area contributed by atoms with Gasteiger partial charge in [-0.25, -0.2) is 14.2 Å². The number of rotatable bonds is 5. The summed E-state index contributed by atoms with van der Waals surface area (Å²) in [5, 5.41) is 3.29. The second-order valence-electron chi connectivity index (χ2n) is 13.4. The van der Waals surface area contributed by atoms with E-state index in [0.29, 0.717) is 41.4 Å². The van der Waals surface area contributed by atoms with Gasteiger partial charge in [0.2, 0.25) is 0 Å². The van der Waals surface area contributed by atoms with Crippen LogP contribution in [0, 0.1) is 11.2 Å². The van der Waals surface area contributed by atoms with E-state index in [9.17, 15) is 19.2 Å². The third-order valence-electron chi connectivity index (χ3n) is 7.85. The number of carbonyl (C=O) groups is 4. The zero-order valence-corrected chi connectivity index (χ0v) is 27.0. The summed E-state index contributed by atoms with van der Waals surface area (Å²) in [7, 11) is 0. The van der Waals surface area contributed by atoms with Gasteiger partial charge in [-0.3, -0.25) is 19.3 Å². The molecule has 0 unspecified atom stereocenters. The maximum absolute atomic E-state index is 15.1. The number of nitrogens with one attached hydrogen (secondary N) is 1. The van der Waals surface area contributed by atoms with E-state index in [4.69, 9.17) is 16.3 Å². The molecule has 0 bridgehead atoms. The van der Waals surface area contributed by atoms with Gasteiger partial charge in [-0.15, -0.1) is 0 Å². The van der Waals surface area contributed by atoms with Crippen LogP contribution in [0.4, 0.5) is 9.18 Å². The van der Waals surface area contributed by atoms with E-state index in [0.717, 1.165) is 4.90 Å². The summed E-state index contributed by atoms with van der Waals surface area (Å²) in [6, 6.07) is 10.0. The lowest BCUT2D eigenvalue weighted by Crippen LogP contribution is -2.52. The van der Waals surface area contributed by atoms with Crippen LogP contribution in [0.5, 0.6) is 0 Å². The lowest BCUT2D eigenvalue weighted by atomic mass is 9.86. The van der Waals surface area contributed by atoms with Gasteiger partial charge in [0.05, 0.1) is 41.5 Å². The number of ether oxygens (including phenoxy) is 1. The van der Waals surface area contributed by atoms with Gasteiger partial charge in [-0.2, -0.15) is 0 Å². The van der Waals surface area contributed by atoms with Crippen LogP contribution < -0.4 is 5.32 Å². The Kier molecular flexibility index (Phi) is 8.52. The number of hydrogen-bond donors (Lipinski definition) is 1. The average molecular weight is 638 g/mol. The van der Waals surface area contributed by atoms with Crippen molar-refractivity contribution < 1.29 is 28.3 Å². The highest BCUT2D eigenvalue weighted by Crippen LogP contribution is 2.32. The number of hydrogen-bond acceptors (Lipinski definition) is 6. The Morgan fingerprint density at radius 2 is 1.64 bits per heavy atom. The molecule has 5 rings (SSSR count). The van der Waals surface area contributed by atoms with Crippen LogP contribution in [0.25, 0.3) is 11.4 Å². The van der Waals surface area contributed by atoms with Gasteiger partial charge < -0.3 is 19.5 Å².